The van der Waals surface area contributed by atoms with Gasteiger partial charge >= 0.3 is 6.09 Å². The van der Waals surface area contributed by atoms with Crippen molar-refractivity contribution in [3.8, 4) is 5.75 Å². The number of rotatable bonds is 4. The third kappa shape index (κ3) is 4.18. The second kappa shape index (κ2) is 6.27. The molecule has 0 fully saturated rings. The SMILES string of the molecule is NCCCNC(=O)Oc1ccccc1Cl. The first-order chi connectivity index (χ1) is 7.24. The average molecular weight is 229 g/mol. The molecule has 0 aliphatic rings. The monoisotopic (exact) mass is 228 g/mol. The van der Waals surface area contributed by atoms with E-state index in [1.54, 1.807) is 24.3 Å². The van der Waals surface area contributed by atoms with Crippen LogP contribution in [-0.2, 0) is 0 Å². The van der Waals surface area contributed by atoms with Gasteiger partial charge in [0.25, 0.3) is 0 Å². The molecule has 0 aliphatic carbocycles. The van der Waals surface area contributed by atoms with Crippen LogP contribution in [0.5, 0.6) is 5.75 Å². The first kappa shape index (κ1) is 11.8. The molecule has 0 heterocycles. The molecule has 82 valence electrons. The number of nitrogens with one attached hydrogen (secondary N) is 1. The first-order valence-corrected chi connectivity index (χ1v) is 5.02. The lowest BCUT2D eigenvalue weighted by atomic mass is 10.3. The number of carbonyl (C=O) groups excluding carboxylic acids is 1. The minimum absolute atomic E-state index is 0.351. The summed E-state index contributed by atoms with van der Waals surface area (Å²) in [4.78, 5) is 11.2. The van der Waals surface area contributed by atoms with Gasteiger partial charge in [-0.05, 0) is 25.1 Å². The quantitative estimate of drug-likeness (QED) is 0.772. The molecule has 0 unspecified atom stereocenters. The van der Waals surface area contributed by atoms with Gasteiger partial charge in [-0.2, -0.15) is 0 Å². The number of ether oxygens (including phenoxy) is 1. The summed E-state index contributed by atoms with van der Waals surface area (Å²) >= 11 is 5.80. The number of carbonyl (C=O) groups is 1. The molecule has 0 aromatic heterocycles. The molecule has 4 nitrogen and oxygen atoms in total. The van der Waals surface area contributed by atoms with Crippen LogP contribution in [0.25, 0.3) is 0 Å². The zero-order valence-electron chi connectivity index (χ0n) is 8.20. The van der Waals surface area contributed by atoms with Crippen molar-refractivity contribution in [3.63, 3.8) is 0 Å². The van der Waals surface area contributed by atoms with Gasteiger partial charge in [-0.15, -0.1) is 0 Å². The van der Waals surface area contributed by atoms with Crippen LogP contribution < -0.4 is 15.8 Å². The fraction of sp³-hybridized carbons (Fsp3) is 0.300. The molecular weight excluding hydrogens is 216 g/mol. The van der Waals surface area contributed by atoms with Gasteiger partial charge in [0.15, 0.2) is 5.75 Å². The molecule has 3 N–H and O–H groups in total. The maximum atomic E-state index is 11.2. The van der Waals surface area contributed by atoms with E-state index in [0.717, 1.165) is 6.42 Å². The van der Waals surface area contributed by atoms with E-state index in [-0.39, 0.29) is 0 Å². The molecule has 0 atom stereocenters. The fourth-order valence-corrected chi connectivity index (χ4v) is 1.13. The summed E-state index contributed by atoms with van der Waals surface area (Å²) in [5.74, 6) is 0.351. The molecule has 0 saturated carbocycles. The Bertz CT molecular complexity index is 331. The van der Waals surface area contributed by atoms with Crippen LogP contribution in [0.15, 0.2) is 24.3 Å². The Kier molecular flexibility index (Phi) is 4.93. The van der Waals surface area contributed by atoms with Gasteiger partial charge in [0.05, 0.1) is 5.02 Å². The minimum Gasteiger partial charge on any atom is -0.409 e. The molecule has 5 heteroatoms. The number of amides is 1. The van der Waals surface area contributed by atoms with Crippen molar-refractivity contribution in [2.24, 2.45) is 5.73 Å². The van der Waals surface area contributed by atoms with Crippen LogP contribution in [0.2, 0.25) is 5.02 Å². The Morgan fingerprint density at radius 3 is 2.87 bits per heavy atom. The third-order valence-electron chi connectivity index (χ3n) is 1.69. The third-order valence-corrected chi connectivity index (χ3v) is 2.00. The van der Waals surface area contributed by atoms with E-state index in [0.29, 0.717) is 23.9 Å². The van der Waals surface area contributed by atoms with Gasteiger partial charge < -0.3 is 15.8 Å². The zero-order chi connectivity index (χ0) is 11.1. The lowest BCUT2D eigenvalue weighted by Gasteiger charge is -2.06. The summed E-state index contributed by atoms with van der Waals surface area (Å²) in [6.07, 6.45) is 0.203. The van der Waals surface area contributed by atoms with Crippen LogP contribution in [0, 0.1) is 0 Å². The van der Waals surface area contributed by atoms with Crippen molar-refractivity contribution in [2.45, 2.75) is 6.42 Å². The number of halogens is 1. The van der Waals surface area contributed by atoms with E-state index in [2.05, 4.69) is 5.32 Å². The van der Waals surface area contributed by atoms with Crippen molar-refractivity contribution in [3.05, 3.63) is 29.3 Å². The number of nitrogens with two attached hydrogens (primary N) is 1. The van der Waals surface area contributed by atoms with Crippen molar-refractivity contribution < 1.29 is 9.53 Å². The number of para-hydroxylation sites is 1. The maximum absolute atomic E-state index is 11.2. The summed E-state index contributed by atoms with van der Waals surface area (Å²) < 4.78 is 4.97. The normalized spacial score (nSPS) is 9.73. The Balaban J connectivity index is 2.41. The van der Waals surface area contributed by atoms with Crippen molar-refractivity contribution in [1.29, 1.82) is 0 Å². The van der Waals surface area contributed by atoms with Crippen LogP contribution in [0.1, 0.15) is 6.42 Å². The Morgan fingerprint density at radius 1 is 1.47 bits per heavy atom. The van der Waals surface area contributed by atoms with E-state index in [1.807, 2.05) is 0 Å². The molecule has 0 radical (unpaired) electrons. The highest BCUT2D eigenvalue weighted by Gasteiger charge is 2.05. The Hall–Kier alpha value is -1.26. The standard InChI is InChI=1S/C10H13ClN2O2/c11-8-4-1-2-5-9(8)15-10(14)13-7-3-6-12/h1-2,4-5H,3,6-7,12H2,(H,13,14). The largest absolute Gasteiger partial charge is 0.412 e. The molecule has 1 rings (SSSR count). The van der Waals surface area contributed by atoms with Gasteiger partial charge in [0, 0.05) is 6.54 Å². The molecule has 0 aliphatic heterocycles. The van der Waals surface area contributed by atoms with E-state index in [9.17, 15) is 4.79 Å². The fourth-order valence-electron chi connectivity index (χ4n) is 0.956. The molecule has 1 amide bonds. The molecule has 0 bridgehead atoms. The highest BCUT2D eigenvalue weighted by Crippen LogP contribution is 2.22. The lowest BCUT2D eigenvalue weighted by molar-refractivity contribution is 0.200. The van der Waals surface area contributed by atoms with Crippen LogP contribution in [-0.4, -0.2) is 19.2 Å². The van der Waals surface area contributed by atoms with Gasteiger partial charge in [0.1, 0.15) is 0 Å². The van der Waals surface area contributed by atoms with Crippen molar-refractivity contribution in [2.75, 3.05) is 13.1 Å². The molecule has 0 saturated heterocycles. The molecule has 1 aromatic carbocycles. The second-order valence-corrected chi connectivity index (χ2v) is 3.30. The number of hydrogen-bond acceptors (Lipinski definition) is 3. The van der Waals surface area contributed by atoms with E-state index >= 15 is 0 Å². The highest BCUT2D eigenvalue weighted by molar-refractivity contribution is 6.32. The van der Waals surface area contributed by atoms with Crippen molar-refractivity contribution >= 4 is 17.7 Å². The van der Waals surface area contributed by atoms with Crippen LogP contribution in [0.3, 0.4) is 0 Å². The summed E-state index contributed by atoms with van der Waals surface area (Å²) in [5, 5.41) is 2.97. The molecular formula is C10H13ClN2O2. The predicted molar refractivity (Wildman–Crippen MR) is 59.2 cm³/mol. The average Bonchev–Trinajstić information content (AvgIpc) is 2.22. The van der Waals surface area contributed by atoms with Gasteiger partial charge in [0.2, 0.25) is 0 Å². The van der Waals surface area contributed by atoms with Gasteiger partial charge in [-0.1, -0.05) is 23.7 Å². The van der Waals surface area contributed by atoms with Gasteiger partial charge in [-0.3, -0.25) is 0 Å². The summed E-state index contributed by atoms with van der Waals surface area (Å²) in [6.45, 7) is 1.03. The van der Waals surface area contributed by atoms with Gasteiger partial charge in [-0.25, -0.2) is 4.79 Å². The highest BCUT2D eigenvalue weighted by atomic mass is 35.5. The second-order valence-electron chi connectivity index (χ2n) is 2.89. The lowest BCUT2D eigenvalue weighted by Crippen LogP contribution is -2.28. The zero-order valence-corrected chi connectivity index (χ0v) is 8.96. The number of hydrogen-bond donors (Lipinski definition) is 2. The van der Waals surface area contributed by atoms with Crippen molar-refractivity contribution in [1.82, 2.24) is 5.32 Å². The predicted octanol–water partition coefficient (Wildman–Crippen LogP) is 1.78. The van der Waals surface area contributed by atoms with Crippen LogP contribution >= 0.6 is 11.6 Å². The minimum atomic E-state index is -0.517. The summed E-state index contributed by atoms with van der Waals surface area (Å²) in [5.41, 5.74) is 5.28. The Morgan fingerprint density at radius 2 is 2.20 bits per heavy atom. The molecule has 0 spiro atoms. The Labute approximate surface area is 93.4 Å². The summed E-state index contributed by atoms with van der Waals surface area (Å²) in [7, 11) is 0. The smallest absolute Gasteiger partial charge is 0.409 e. The van der Waals surface area contributed by atoms with E-state index < -0.39 is 6.09 Å². The molecule has 15 heavy (non-hydrogen) atoms. The topological polar surface area (TPSA) is 64.3 Å². The maximum Gasteiger partial charge on any atom is 0.412 e. The van der Waals surface area contributed by atoms with Crippen LogP contribution in [0.4, 0.5) is 4.79 Å². The van der Waals surface area contributed by atoms with E-state index in [1.165, 1.54) is 0 Å². The number of benzene rings is 1. The first-order valence-electron chi connectivity index (χ1n) is 4.64. The molecule has 1 aromatic rings. The van der Waals surface area contributed by atoms with E-state index in [4.69, 9.17) is 22.1 Å². The summed E-state index contributed by atoms with van der Waals surface area (Å²) in [6, 6.07) is 6.80.